The van der Waals surface area contributed by atoms with E-state index in [0.29, 0.717) is 12.1 Å². The number of hydrogen-bond acceptors (Lipinski definition) is 2. The molecule has 1 aromatic heterocycles. The van der Waals surface area contributed by atoms with E-state index in [1.165, 1.54) is 10.1 Å². The summed E-state index contributed by atoms with van der Waals surface area (Å²) in [5, 5.41) is 0.811. The van der Waals surface area contributed by atoms with Crippen molar-refractivity contribution in [1.82, 2.24) is 9.55 Å². The van der Waals surface area contributed by atoms with Gasteiger partial charge in [0, 0.05) is 17.1 Å². The molecule has 18 heavy (non-hydrogen) atoms. The van der Waals surface area contributed by atoms with Gasteiger partial charge in [0.1, 0.15) is 0 Å². The van der Waals surface area contributed by atoms with E-state index in [9.17, 15) is 9.59 Å². The first-order valence-electron chi connectivity index (χ1n) is 5.54. The Balaban J connectivity index is 2.31. The molecule has 1 N–H and O–H groups in total. The summed E-state index contributed by atoms with van der Waals surface area (Å²) in [5.41, 5.74) is 2.03. The minimum Gasteiger partial charge on any atom is -0.296 e. The number of nitrogens with zero attached hydrogens (tertiary/aromatic N) is 1. The Morgan fingerprint density at radius 3 is 2.39 bits per heavy atom. The molecular formula is C13H13BrN2O2. The molecule has 0 spiro atoms. The second-order valence-electron chi connectivity index (χ2n) is 4.15. The molecule has 2 aromatic rings. The zero-order valence-corrected chi connectivity index (χ0v) is 11.5. The van der Waals surface area contributed by atoms with Crippen molar-refractivity contribution in [2.24, 2.45) is 0 Å². The van der Waals surface area contributed by atoms with Crippen LogP contribution in [0.15, 0.2) is 40.1 Å². The molecule has 0 aliphatic carbocycles. The zero-order chi connectivity index (χ0) is 13.1. The summed E-state index contributed by atoms with van der Waals surface area (Å²) in [6.07, 6.45) is 1.58. The van der Waals surface area contributed by atoms with Gasteiger partial charge in [-0.3, -0.25) is 14.3 Å². The van der Waals surface area contributed by atoms with Crippen molar-refractivity contribution in [3.05, 3.63) is 68.0 Å². The third-order valence-corrected chi connectivity index (χ3v) is 3.37. The Labute approximate surface area is 112 Å². The fraction of sp³-hybridized carbons (Fsp3) is 0.231. The Kier molecular flexibility index (Phi) is 3.81. The summed E-state index contributed by atoms with van der Waals surface area (Å²) >= 11 is 3.38. The third-order valence-electron chi connectivity index (χ3n) is 2.72. The molecule has 0 bridgehead atoms. The first-order valence-corrected chi connectivity index (χ1v) is 6.66. The van der Waals surface area contributed by atoms with Crippen molar-refractivity contribution in [3.63, 3.8) is 0 Å². The molecule has 0 saturated carbocycles. The fourth-order valence-electron chi connectivity index (χ4n) is 1.67. The van der Waals surface area contributed by atoms with Gasteiger partial charge >= 0.3 is 5.69 Å². The molecule has 0 saturated heterocycles. The highest BCUT2D eigenvalue weighted by Gasteiger charge is 2.02. The molecule has 0 aliphatic heterocycles. The van der Waals surface area contributed by atoms with Gasteiger partial charge in [-0.2, -0.15) is 0 Å². The van der Waals surface area contributed by atoms with Crippen LogP contribution in [0.4, 0.5) is 0 Å². The van der Waals surface area contributed by atoms with Crippen molar-refractivity contribution in [1.29, 1.82) is 0 Å². The van der Waals surface area contributed by atoms with Crippen molar-refractivity contribution in [3.8, 4) is 0 Å². The van der Waals surface area contributed by atoms with E-state index in [1.807, 2.05) is 24.3 Å². The number of aryl methyl sites for hydroxylation is 1. The zero-order valence-electron chi connectivity index (χ0n) is 9.94. The van der Waals surface area contributed by atoms with E-state index in [2.05, 4.69) is 20.9 Å². The van der Waals surface area contributed by atoms with Crippen LogP contribution in [0.2, 0.25) is 0 Å². The monoisotopic (exact) mass is 308 g/mol. The van der Waals surface area contributed by atoms with Crippen molar-refractivity contribution < 1.29 is 0 Å². The van der Waals surface area contributed by atoms with Crippen LogP contribution in [0.25, 0.3) is 0 Å². The van der Waals surface area contributed by atoms with Gasteiger partial charge in [0.15, 0.2) is 0 Å². The van der Waals surface area contributed by atoms with Gasteiger partial charge in [0.2, 0.25) is 0 Å². The highest BCUT2D eigenvalue weighted by molar-refractivity contribution is 9.08. The largest absolute Gasteiger partial charge is 0.328 e. The smallest absolute Gasteiger partial charge is 0.296 e. The van der Waals surface area contributed by atoms with Crippen LogP contribution in [0, 0.1) is 6.92 Å². The van der Waals surface area contributed by atoms with Crippen LogP contribution in [0.3, 0.4) is 0 Å². The molecule has 1 heterocycles. The average Bonchev–Trinajstić information content (AvgIpc) is 2.37. The van der Waals surface area contributed by atoms with E-state index in [4.69, 9.17) is 0 Å². The lowest BCUT2D eigenvalue weighted by molar-refractivity contribution is 0.713. The van der Waals surface area contributed by atoms with E-state index in [1.54, 1.807) is 13.1 Å². The lowest BCUT2D eigenvalue weighted by Crippen LogP contribution is -2.31. The summed E-state index contributed by atoms with van der Waals surface area (Å²) in [5.74, 6) is 0. The number of alkyl halides is 1. The molecule has 0 atom stereocenters. The van der Waals surface area contributed by atoms with E-state index >= 15 is 0 Å². The van der Waals surface area contributed by atoms with Crippen LogP contribution in [0.5, 0.6) is 0 Å². The predicted octanol–water partition coefficient (Wildman–Crippen LogP) is 1.79. The van der Waals surface area contributed by atoms with Crippen molar-refractivity contribution >= 4 is 15.9 Å². The highest BCUT2D eigenvalue weighted by atomic mass is 79.9. The van der Waals surface area contributed by atoms with Gasteiger partial charge in [0.05, 0.1) is 6.54 Å². The first-order chi connectivity index (χ1) is 8.60. The summed E-state index contributed by atoms with van der Waals surface area (Å²) in [6.45, 7) is 2.14. The van der Waals surface area contributed by atoms with Crippen LogP contribution in [-0.2, 0) is 11.9 Å². The normalized spacial score (nSPS) is 10.6. The van der Waals surface area contributed by atoms with Gasteiger partial charge in [-0.25, -0.2) is 4.79 Å². The number of nitrogens with one attached hydrogen (secondary N) is 1. The lowest BCUT2D eigenvalue weighted by atomic mass is 10.1. The molecular weight excluding hydrogens is 296 g/mol. The van der Waals surface area contributed by atoms with E-state index in [-0.39, 0.29) is 11.2 Å². The maximum atomic E-state index is 11.6. The van der Waals surface area contributed by atoms with Crippen LogP contribution in [0.1, 0.15) is 16.7 Å². The summed E-state index contributed by atoms with van der Waals surface area (Å²) < 4.78 is 1.50. The fourth-order valence-corrected chi connectivity index (χ4v) is 2.04. The number of aromatic nitrogens is 2. The predicted molar refractivity (Wildman–Crippen MR) is 74.2 cm³/mol. The topological polar surface area (TPSA) is 54.9 Å². The number of H-pyrrole nitrogens is 1. The molecule has 4 nitrogen and oxygen atoms in total. The molecule has 5 heteroatoms. The van der Waals surface area contributed by atoms with Gasteiger partial charge in [-0.1, -0.05) is 40.2 Å². The Morgan fingerprint density at radius 2 is 1.78 bits per heavy atom. The van der Waals surface area contributed by atoms with Crippen molar-refractivity contribution in [2.45, 2.75) is 18.8 Å². The van der Waals surface area contributed by atoms with Crippen LogP contribution >= 0.6 is 15.9 Å². The second-order valence-corrected chi connectivity index (χ2v) is 4.71. The molecule has 2 rings (SSSR count). The highest BCUT2D eigenvalue weighted by Crippen LogP contribution is 2.08. The van der Waals surface area contributed by atoms with Gasteiger partial charge < -0.3 is 0 Å². The molecule has 0 amide bonds. The standard InChI is InChI=1S/C13H13BrN2O2/c1-9-7-16(13(18)15-12(9)17)8-11-4-2-10(6-14)3-5-11/h2-5,7H,6,8H2,1H3,(H,15,17,18). The molecule has 1 aromatic carbocycles. The van der Waals surface area contributed by atoms with Crippen LogP contribution < -0.4 is 11.2 Å². The summed E-state index contributed by atoms with van der Waals surface area (Å²) in [7, 11) is 0. The minimum atomic E-state index is -0.379. The number of halogens is 1. The van der Waals surface area contributed by atoms with Crippen LogP contribution in [-0.4, -0.2) is 9.55 Å². The molecule has 0 radical (unpaired) electrons. The first kappa shape index (κ1) is 12.8. The maximum absolute atomic E-state index is 11.6. The van der Waals surface area contributed by atoms with Gasteiger partial charge in [-0.15, -0.1) is 0 Å². The van der Waals surface area contributed by atoms with Gasteiger partial charge in [0.25, 0.3) is 5.56 Å². The average molecular weight is 309 g/mol. The summed E-state index contributed by atoms with van der Waals surface area (Å²) in [4.78, 5) is 25.2. The van der Waals surface area contributed by atoms with Crippen molar-refractivity contribution in [2.75, 3.05) is 0 Å². The number of aromatic amines is 1. The Bertz CT molecular complexity index is 656. The van der Waals surface area contributed by atoms with E-state index < -0.39 is 0 Å². The SMILES string of the molecule is Cc1cn(Cc2ccc(CBr)cc2)c(=O)[nH]c1=O. The second kappa shape index (κ2) is 5.35. The quantitative estimate of drug-likeness (QED) is 0.879. The molecule has 94 valence electrons. The Hall–Kier alpha value is -1.62. The maximum Gasteiger partial charge on any atom is 0.328 e. The number of benzene rings is 1. The Morgan fingerprint density at radius 1 is 1.17 bits per heavy atom. The molecule has 0 fully saturated rings. The lowest BCUT2D eigenvalue weighted by Gasteiger charge is -2.06. The number of hydrogen-bond donors (Lipinski definition) is 1. The van der Waals surface area contributed by atoms with E-state index in [0.717, 1.165) is 10.9 Å². The third kappa shape index (κ3) is 2.79. The van der Waals surface area contributed by atoms with Gasteiger partial charge in [-0.05, 0) is 18.1 Å². The summed E-state index contributed by atoms with van der Waals surface area (Å²) in [6, 6.07) is 7.97. The minimum absolute atomic E-state index is 0.328. The molecule has 0 unspecified atom stereocenters. The number of rotatable bonds is 3. The molecule has 0 aliphatic rings.